The van der Waals surface area contributed by atoms with Gasteiger partial charge in [-0.3, -0.25) is 4.79 Å². The average molecular weight is 618 g/mol. The van der Waals surface area contributed by atoms with E-state index < -0.39 is 18.2 Å². The molecule has 0 radical (unpaired) electrons. The summed E-state index contributed by atoms with van der Waals surface area (Å²) in [5.74, 6) is 5.84. The number of ether oxygens (including phenoxy) is 3. The molecule has 0 bridgehead atoms. The molecule has 9 heteroatoms. The fourth-order valence-electron chi connectivity index (χ4n) is 5.99. The minimum atomic E-state index is -0.635. The van der Waals surface area contributed by atoms with Crippen LogP contribution in [0.15, 0.2) is 59.8 Å². The molecule has 2 N–H and O–H groups in total. The van der Waals surface area contributed by atoms with Crippen LogP contribution in [0.25, 0.3) is 0 Å². The zero-order chi connectivity index (χ0) is 32.2. The van der Waals surface area contributed by atoms with Gasteiger partial charge in [-0.2, -0.15) is 4.91 Å². The third-order valence-corrected chi connectivity index (χ3v) is 8.47. The number of carbonyl (C=O) groups is 2. The van der Waals surface area contributed by atoms with Crippen LogP contribution in [0, 0.1) is 28.6 Å². The van der Waals surface area contributed by atoms with Crippen molar-refractivity contribution >= 4 is 11.9 Å². The molecule has 5 unspecified atom stereocenters. The maximum absolute atomic E-state index is 12.3. The Balaban J connectivity index is 1.18. The lowest BCUT2D eigenvalue weighted by molar-refractivity contribution is -0.143. The van der Waals surface area contributed by atoms with Gasteiger partial charge in [0.15, 0.2) is 0 Å². The van der Waals surface area contributed by atoms with Crippen LogP contribution in [0.5, 0.6) is 5.75 Å². The lowest BCUT2D eigenvalue weighted by atomic mass is 9.86. The largest absolute Gasteiger partial charge is 0.489 e. The van der Waals surface area contributed by atoms with Crippen molar-refractivity contribution < 1.29 is 34.0 Å². The number of fused-ring (bicyclic) bond motifs is 3. The molecule has 1 fully saturated rings. The summed E-state index contributed by atoms with van der Waals surface area (Å²) in [4.78, 5) is 34.9. The molecule has 2 aromatic rings. The molecular formula is C36H43NO8. The Bertz CT molecular complexity index is 1410. The van der Waals surface area contributed by atoms with E-state index >= 15 is 0 Å². The first kappa shape index (κ1) is 33.9. The van der Waals surface area contributed by atoms with Crippen LogP contribution < -0.4 is 4.74 Å². The van der Waals surface area contributed by atoms with Crippen LogP contribution in [-0.4, -0.2) is 53.7 Å². The summed E-state index contributed by atoms with van der Waals surface area (Å²) in [5.41, 5.74) is 3.12. The Morgan fingerprint density at radius 3 is 2.69 bits per heavy atom. The maximum atomic E-state index is 12.3. The quantitative estimate of drug-likeness (QED) is 0.0813. The molecule has 1 aliphatic carbocycles. The van der Waals surface area contributed by atoms with E-state index in [1.165, 1.54) is 0 Å². The van der Waals surface area contributed by atoms with Gasteiger partial charge in [0.05, 0.1) is 31.0 Å². The van der Waals surface area contributed by atoms with Gasteiger partial charge >= 0.3 is 11.9 Å². The number of nitroso groups, excluding NO2 is 1. The second-order valence-corrected chi connectivity index (χ2v) is 11.8. The third kappa shape index (κ3) is 9.25. The van der Waals surface area contributed by atoms with Crippen molar-refractivity contribution in [2.45, 2.75) is 89.6 Å². The van der Waals surface area contributed by atoms with Gasteiger partial charge in [0.1, 0.15) is 18.4 Å². The minimum absolute atomic E-state index is 0.000397. The monoisotopic (exact) mass is 617 g/mol. The van der Waals surface area contributed by atoms with Crippen molar-refractivity contribution in [3.05, 3.63) is 81.8 Å². The number of aliphatic hydroxyl groups is 2. The van der Waals surface area contributed by atoms with Crippen LogP contribution in [0.3, 0.4) is 0 Å². The van der Waals surface area contributed by atoms with E-state index in [-0.39, 0.29) is 56.0 Å². The summed E-state index contributed by atoms with van der Waals surface area (Å²) in [7, 11) is 0. The minimum Gasteiger partial charge on any atom is -0.489 e. The topological polar surface area (TPSA) is 132 Å². The van der Waals surface area contributed by atoms with Crippen LogP contribution >= 0.6 is 0 Å². The Hall–Kier alpha value is -4.00. The molecule has 1 saturated carbocycles. The van der Waals surface area contributed by atoms with Crippen molar-refractivity contribution in [2.75, 3.05) is 13.2 Å². The first-order valence-electron chi connectivity index (χ1n) is 15.8. The van der Waals surface area contributed by atoms with Crippen LogP contribution in [-0.2, 0) is 27.2 Å². The van der Waals surface area contributed by atoms with Gasteiger partial charge in [-0.25, -0.2) is 4.79 Å². The number of aryl methyl sites for hydroxylation is 1. The van der Waals surface area contributed by atoms with E-state index in [0.29, 0.717) is 49.7 Å². The maximum Gasteiger partial charge on any atom is 0.338 e. The normalized spacial score (nSPS) is 21.2. The van der Waals surface area contributed by atoms with Crippen molar-refractivity contribution in [1.29, 1.82) is 0 Å². The van der Waals surface area contributed by atoms with E-state index in [9.17, 15) is 24.7 Å². The highest BCUT2D eigenvalue weighted by atomic mass is 16.5. The highest BCUT2D eigenvalue weighted by molar-refractivity contribution is 5.89. The first-order chi connectivity index (χ1) is 21.8. The molecule has 0 aromatic heterocycles. The van der Waals surface area contributed by atoms with Crippen molar-refractivity contribution in [1.82, 2.24) is 0 Å². The van der Waals surface area contributed by atoms with Gasteiger partial charge < -0.3 is 24.4 Å². The van der Waals surface area contributed by atoms with Crippen LogP contribution in [0.2, 0.25) is 0 Å². The van der Waals surface area contributed by atoms with Crippen LogP contribution in [0.1, 0.15) is 85.3 Å². The number of esters is 2. The number of unbranched alkanes of at least 4 members (excludes halogenated alkanes) is 1. The number of rotatable bonds is 16. The molecule has 240 valence electrons. The number of benzene rings is 2. The highest BCUT2D eigenvalue weighted by Gasteiger charge is 2.48. The first-order valence-corrected chi connectivity index (χ1v) is 15.8. The molecule has 6 atom stereocenters. The van der Waals surface area contributed by atoms with Gasteiger partial charge in [0, 0.05) is 36.7 Å². The number of nitrogens with zero attached hydrogens (tertiary/aromatic N) is 1. The fraction of sp³-hybridized carbons (Fsp3) is 0.500. The van der Waals surface area contributed by atoms with E-state index in [0.717, 1.165) is 16.9 Å². The predicted octanol–water partition coefficient (Wildman–Crippen LogP) is 5.65. The van der Waals surface area contributed by atoms with E-state index in [4.69, 9.17) is 14.2 Å². The summed E-state index contributed by atoms with van der Waals surface area (Å²) in [6.07, 6.45) is 6.24. The third-order valence-electron chi connectivity index (χ3n) is 8.47. The SMILES string of the molecule is CC#CCC(C)C(O)/C=C/C1C2c3cccc(CCCC(=O)OCCCCOC(=O)c4cccc(CN=O)c4)c3OC2C[C@@H]1O. The second kappa shape index (κ2) is 16.9. The van der Waals surface area contributed by atoms with Gasteiger partial charge in [-0.15, -0.1) is 11.8 Å². The Kier molecular flexibility index (Phi) is 12.7. The Labute approximate surface area is 264 Å². The molecule has 4 rings (SSSR count). The summed E-state index contributed by atoms with van der Waals surface area (Å²) < 4.78 is 17.0. The molecule has 1 aliphatic heterocycles. The second-order valence-electron chi connectivity index (χ2n) is 11.8. The molecule has 1 heterocycles. The molecule has 0 saturated heterocycles. The smallest absolute Gasteiger partial charge is 0.338 e. The predicted molar refractivity (Wildman–Crippen MR) is 169 cm³/mol. The average Bonchev–Trinajstić information content (AvgIpc) is 3.55. The highest BCUT2D eigenvalue weighted by Crippen LogP contribution is 2.52. The summed E-state index contributed by atoms with van der Waals surface area (Å²) in [5, 5.41) is 24.2. The molecule has 45 heavy (non-hydrogen) atoms. The van der Waals surface area contributed by atoms with Crippen LogP contribution in [0.4, 0.5) is 0 Å². The van der Waals surface area contributed by atoms with Crippen molar-refractivity contribution in [3.63, 3.8) is 0 Å². The van der Waals surface area contributed by atoms with Crippen molar-refractivity contribution in [2.24, 2.45) is 17.0 Å². The summed E-state index contributed by atoms with van der Waals surface area (Å²) in [6.45, 7) is 4.20. The lowest BCUT2D eigenvalue weighted by Gasteiger charge is -2.19. The van der Waals surface area contributed by atoms with E-state index in [2.05, 4.69) is 17.0 Å². The fourth-order valence-corrected chi connectivity index (χ4v) is 5.99. The molecular weight excluding hydrogens is 574 g/mol. The zero-order valence-electron chi connectivity index (χ0n) is 26.0. The number of hydrogen-bond acceptors (Lipinski definition) is 9. The van der Waals surface area contributed by atoms with Gasteiger partial charge in [0.2, 0.25) is 0 Å². The van der Waals surface area contributed by atoms with Crippen molar-refractivity contribution in [3.8, 4) is 17.6 Å². The molecule has 0 amide bonds. The lowest BCUT2D eigenvalue weighted by Crippen LogP contribution is -2.19. The number of para-hydroxylation sites is 1. The zero-order valence-corrected chi connectivity index (χ0v) is 26.0. The summed E-state index contributed by atoms with van der Waals surface area (Å²) >= 11 is 0. The molecule has 2 aliphatic rings. The number of aliphatic hydroxyl groups excluding tert-OH is 2. The van der Waals surface area contributed by atoms with Gasteiger partial charge in [-0.1, -0.05) is 54.6 Å². The summed E-state index contributed by atoms with van der Waals surface area (Å²) in [6, 6.07) is 12.7. The number of carbonyl (C=O) groups excluding carboxylic acids is 2. The van der Waals surface area contributed by atoms with Gasteiger partial charge in [-0.05, 0) is 61.8 Å². The standard InChI is InChI=1S/C36H43NO8/c1-3-4-10-24(2)30(38)18-17-28-31(39)22-32-34(28)29-15-8-12-26(35(29)45-32)13-9-16-33(40)43-19-5-6-20-44-36(41)27-14-7-11-25(21-27)23-37-42/h7-8,11-12,14-15,17-18,21,24,28,30-32,34,38-39H,5-6,9-10,13,16,19-20,22-23H2,1-2H3/b18-17+/t24?,28?,30?,31-,32?,34?/m0/s1. The van der Waals surface area contributed by atoms with E-state index in [1.807, 2.05) is 31.2 Å². The number of hydrogen-bond donors (Lipinski definition) is 2. The molecule has 9 nitrogen and oxygen atoms in total. The molecule has 2 aromatic carbocycles. The Morgan fingerprint density at radius 1 is 1.13 bits per heavy atom. The molecule has 0 spiro atoms. The Morgan fingerprint density at radius 2 is 1.91 bits per heavy atom. The van der Waals surface area contributed by atoms with E-state index in [1.54, 1.807) is 37.3 Å². The van der Waals surface area contributed by atoms with Gasteiger partial charge in [0.25, 0.3) is 0 Å².